The summed E-state index contributed by atoms with van der Waals surface area (Å²) in [5, 5.41) is 7.44. The minimum Gasteiger partial charge on any atom is -0.481 e. The number of rotatable bonds is 6. The molecule has 0 aliphatic carbocycles. The van der Waals surface area contributed by atoms with Crippen molar-refractivity contribution in [3.8, 4) is 11.8 Å². The molecule has 134 valence electrons. The monoisotopic (exact) mass is 346 g/mol. The lowest BCUT2D eigenvalue weighted by Crippen LogP contribution is -2.26. The van der Waals surface area contributed by atoms with Crippen LogP contribution in [0.2, 0.25) is 0 Å². The molecule has 0 aromatic carbocycles. The van der Waals surface area contributed by atoms with Crippen molar-refractivity contribution in [2.24, 2.45) is 7.05 Å². The fraction of sp³-hybridized carbons (Fsp3) is 0.471. The average Bonchev–Trinajstić information content (AvgIpc) is 2.97. The number of ether oxygens (including phenoxy) is 3. The summed E-state index contributed by atoms with van der Waals surface area (Å²) in [5.74, 6) is 0.391. The largest absolute Gasteiger partial charge is 0.481 e. The number of carbonyl (C=O) groups is 1. The fourth-order valence-electron chi connectivity index (χ4n) is 2.94. The molecule has 8 heteroatoms. The number of methoxy groups -OCH3 is 2. The van der Waals surface area contributed by atoms with Gasteiger partial charge in [0, 0.05) is 43.8 Å². The number of carbonyl (C=O) groups excluding carboxylic acids is 1. The summed E-state index contributed by atoms with van der Waals surface area (Å²) in [7, 11) is 4.93. The first kappa shape index (κ1) is 17.2. The van der Waals surface area contributed by atoms with Crippen molar-refractivity contribution in [2.45, 2.75) is 19.4 Å². The highest BCUT2D eigenvalue weighted by Gasteiger charge is 2.20. The minimum absolute atomic E-state index is 0.237. The van der Waals surface area contributed by atoms with E-state index in [-0.39, 0.29) is 11.8 Å². The molecule has 0 fully saturated rings. The minimum atomic E-state index is -0.243. The number of fused-ring (bicyclic) bond motifs is 1. The second-order valence-corrected chi connectivity index (χ2v) is 5.71. The first-order valence-corrected chi connectivity index (χ1v) is 8.12. The zero-order valence-corrected chi connectivity index (χ0v) is 14.7. The summed E-state index contributed by atoms with van der Waals surface area (Å²) in [6.45, 7) is 1.78. The van der Waals surface area contributed by atoms with Crippen molar-refractivity contribution < 1.29 is 19.0 Å². The van der Waals surface area contributed by atoms with Gasteiger partial charge in [-0.15, -0.1) is 0 Å². The van der Waals surface area contributed by atoms with Gasteiger partial charge in [-0.2, -0.15) is 10.1 Å². The molecule has 8 nitrogen and oxygen atoms in total. The molecule has 3 heterocycles. The molecule has 0 saturated carbocycles. The smallest absolute Gasteiger partial charge is 0.256 e. The molecular formula is C17H22N4O4. The number of amides is 1. The quantitative estimate of drug-likeness (QED) is 0.835. The Kier molecular flexibility index (Phi) is 5.18. The highest BCUT2D eigenvalue weighted by Crippen LogP contribution is 2.21. The highest BCUT2D eigenvalue weighted by molar-refractivity contribution is 5.96. The van der Waals surface area contributed by atoms with Gasteiger partial charge in [0.25, 0.3) is 5.91 Å². The first-order valence-electron chi connectivity index (χ1n) is 8.12. The van der Waals surface area contributed by atoms with E-state index in [4.69, 9.17) is 14.2 Å². The van der Waals surface area contributed by atoms with Crippen molar-refractivity contribution in [2.75, 3.05) is 27.4 Å². The topological polar surface area (TPSA) is 87.5 Å². The van der Waals surface area contributed by atoms with Gasteiger partial charge < -0.3 is 19.5 Å². The van der Waals surface area contributed by atoms with E-state index in [1.165, 1.54) is 19.9 Å². The molecule has 2 aromatic rings. The van der Waals surface area contributed by atoms with Crippen LogP contribution in [0.4, 0.5) is 0 Å². The van der Waals surface area contributed by atoms with E-state index in [1.807, 2.05) is 11.7 Å². The highest BCUT2D eigenvalue weighted by atomic mass is 16.5. The van der Waals surface area contributed by atoms with E-state index in [0.29, 0.717) is 31.0 Å². The standard InChI is InChI=1S/C17H22N4O4/c1-21-14-7-9-25-10-12(14)13(20-21)6-8-18-16(22)11-4-5-15(23-2)19-17(11)24-3/h4-5H,6-10H2,1-3H3,(H,18,22). The number of pyridine rings is 1. The van der Waals surface area contributed by atoms with Crippen molar-refractivity contribution >= 4 is 5.91 Å². The molecule has 0 atom stereocenters. The van der Waals surface area contributed by atoms with Crippen LogP contribution in [-0.4, -0.2) is 48.0 Å². The Morgan fingerprint density at radius 3 is 2.96 bits per heavy atom. The molecule has 1 aliphatic rings. The maximum absolute atomic E-state index is 12.4. The summed E-state index contributed by atoms with van der Waals surface area (Å²) >= 11 is 0. The molecule has 0 spiro atoms. The molecule has 1 N–H and O–H groups in total. The van der Waals surface area contributed by atoms with E-state index in [1.54, 1.807) is 12.1 Å². The Balaban J connectivity index is 1.64. The number of hydrogen-bond acceptors (Lipinski definition) is 6. The van der Waals surface area contributed by atoms with Crippen LogP contribution >= 0.6 is 0 Å². The molecule has 25 heavy (non-hydrogen) atoms. The van der Waals surface area contributed by atoms with Gasteiger partial charge in [-0.25, -0.2) is 0 Å². The van der Waals surface area contributed by atoms with Crippen LogP contribution in [0.3, 0.4) is 0 Å². The number of nitrogens with zero attached hydrogens (tertiary/aromatic N) is 3. The van der Waals surface area contributed by atoms with E-state index in [9.17, 15) is 4.79 Å². The summed E-state index contributed by atoms with van der Waals surface area (Å²) in [6, 6.07) is 3.26. The van der Waals surface area contributed by atoms with E-state index >= 15 is 0 Å². The Hall–Kier alpha value is -2.61. The van der Waals surface area contributed by atoms with Crippen LogP contribution in [0.25, 0.3) is 0 Å². The van der Waals surface area contributed by atoms with Crippen LogP contribution in [0.15, 0.2) is 12.1 Å². The predicted octanol–water partition coefficient (Wildman–Crippen LogP) is 0.877. The SMILES string of the molecule is COc1ccc(C(=O)NCCc2nn(C)c3c2COCC3)c(OC)n1. The zero-order valence-electron chi connectivity index (χ0n) is 14.7. The predicted molar refractivity (Wildman–Crippen MR) is 89.9 cm³/mol. The third-order valence-corrected chi connectivity index (χ3v) is 4.22. The zero-order chi connectivity index (χ0) is 17.8. The van der Waals surface area contributed by atoms with Gasteiger partial charge in [-0.05, 0) is 6.07 Å². The average molecular weight is 346 g/mol. The summed E-state index contributed by atoms with van der Waals surface area (Å²) in [5.41, 5.74) is 3.70. The second-order valence-electron chi connectivity index (χ2n) is 5.71. The maximum Gasteiger partial charge on any atom is 0.256 e. The van der Waals surface area contributed by atoms with Gasteiger partial charge >= 0.3 is 0 Å². The fourth-order valence-corrected chi connectivity index (χ4v) is 2.94. The van der Waals surface area contributed by atoms with E-state index < -0.39 is 0 Å². The first-order chi connectivity index (χ1) is 12.1. The molecule has 0 unspecified atom stereocenters. The molecule has 0 bridgehead atoms. The van der Waals surface area contributed by atoms with Crippen molar-refractivity contribution in [3.63, 3.8) is 0 Å². The summed E-state index contributed by atoms with van der Waals surface area (Å²) < 4.78 is 17.6. The Morgan fingerprint density at radius 2 is 2.20 bits per heavy atom. The Morgan fingerprint density at radius 1 is 1.36 bits per heavy atom. The molecule has 3 rings (SSSR count). The lowest BCUT2D eigenvalue weighted by molar-refractivity contribution is 0.0950. The third-order valence-electron chi connectivity index (χ3n) is 4.22. The molecule has 0 radical (unpaired) electrons. The third kappa shape index (κ3) is 3.58. The Labute approximate surface area is 146 Å². The summed E-state index contributed by atoms with van der Waals surface area (Å²) in [4.78, 5) is 16.5. The van der Waals surface area contributed by atoms with Gasteiger partial charge in [-0.3, -0.25) is 9.48 Å². The number of nitrogens with one attached hydrogen (secondary N) is 1. The van der Waals surface area contributed by atoms with Crippen LogP contribution in [0.1, 0.15) is 27.3 Å². The molecule has 2 aromatic heterocycles. The molecule has 1 amide bonds. The van der Waals surface area contributed by atoms with Crippen molar-refractivity contribution in [3.05, 3.63) is 34.6 Å². The lowest BCUT2D eigenvalue weighted by atomic mass is 10.1. The Bertz CT molecular complexity index is 772. The maximum atomic E-state index is 12.4. The molecule has 0 saturated heterocycles. The van der Waals surface area contributed by atoms with Crippen LogP contribution in [-0.2, 0) is 31.2 Å². The lowest BCUT2D eigenvalue weighted by Gasteiger charge is -2.14. The molecule has 1 aliphatic heterocycles. The van der Waals surface area contributed by atoms with Crippen molar-refractivity contribution in [1.82, 2.24) is 20.1 Å². The van der Waals surface area contributed by atoms with Gasteiger partial charge in [0.2, 0.25) is 11.8 Å². The summed E-state index contributed by atoms with van der Waals surface area (Å²) in [6.07, 6.45) is 1.52. The van der Waals surface area contributed by atoms with Gasteiger partial charge in [0.1, 0.15) is 5.56 Å². The van der Waals surface area contributed by atoms with E-state index in [0.717, 1.165) is 24.3 Å². The number of hydrogen-bond donors (Lipinski definition) is 1. The van der Waals surface area contributed by atoms with Crippen LogP contribution in [0.5, 0.6) is 11.8 Å². The van der Waals surface area contributed by atoms with E-state index in [2.05, 4.69) is 15.4 Å². The molecular weight excluding hydrogens is 324 g/mol. The van der Waals surface area contributed by atoms with Gasteiger partial charge in [0.05, 0.1) is 33.1 Å². The van der Waals surface area contributed by atoms with Crippen LogP contribution < -0.4 is 14.8 Å². The second kappa shape index (κ2) is 7.52. The van der Waals surface area contributed by atoms with Crippen LogP contribution in [0, 0.1) is 0 Å². The number of aromatic nitrogens is 3. The normalized spacial score (nSPS) is 13.2. The van der Waals surface area contributed by atoms with Gasteiger partial charge in [-0.1, -0.05) is 0 Å². The number of aryl methyl sites for hydroxylation is 1. The van der Waals surface area contributed by atoms with Gasteiger partial charge in [0.15, 0.2) is 0 Å². The van der Waals surface area contributed by atoms with Crippen molar-refractivity contribution in [1.29, 1.82) is 0 Å².